The van der Waals surface area contributed by atoms with Crippen molar-refractivity contribution in [2.24, 2.45) is 0 Å². The molecule has 3 aromatic carbocycles. The van der Waals surface area contributed by atoms with Crippen molar-refractivity contribution in [3.63, 3.8) is 0 Å². The van der Waals surface area contributed by atoms with Gasteiger partial charge in [0.2, 0.25) is 5.91 Å². The predicted octanol–water partition coefficient (Wildman–Crippen LogP) is 4.71. The molecule has 0 aliphatic rings. The van der Waals surface area contributed by atoms with Gasteiger partial charge in [-0.05, 0) is 41.1 Å². The smallest absolute Gasteiger partial charge is 0.296 e. The summed E-state index contributed by atoms with van der Waals surface area (Å²) in [5.41, 5.74) is 0.584. The largest absolute Gasteiger partial charge is 0.496 e. The number of ether oxygens (including phenoxy) is 2. The molecule has 0 unspecified atom stereocenters. The maximum atomic E-state index is 12.7. The number of nitro benzene ring substituents is 1. The second kappa shape index (κ2) is 8.26. The maximum absolute atomic E-state index is 12.7. The second-order valence-electron chi connectivity index (χ2n) is 5.98. The van der Waals surface area contributed by atoms with Gasteiger partial charge in [0.15, 0.2) is 0 Å². The first-order valence-electron chi connectivity index (χ1n) is 8.30. The van der Waals surface area contributed by atoms with Gasteiger partial charge in [-0.3, -0.25) is 14.9 Å². The lowest BCUT2D eigenvalue weighted by molar-refractivity contribution is -0.384. The van der Waals surface area contributed by atoms with Gasteiger partial charge in [-0.25, -0.2) is 0 Å². The zero-order chi connectivity index (χ0) is 20.3. The van der Waals surface area contributed by atoms with Crippen LogP contribution >= 0.6 is 15.9 Å². The summed E-state index contributed by atoms with van der Waals surface area (Å²) in [4.78, 5) is 23.4. The second-order valence-corrected chi connectivity index (χ2v) is 6.89. The predicted molar refractivity (Wildman–Crippen MR) is 110 cm³/mol. The molecule has 0 heterocycles. The number of methoxy groups -OCH3 is 2. The van der Waals surface area contributed by atoms with E-state index in [1.807, 2.05) is 24.3 Å². The number of carbonyl (C=O) groups is 1. The van der Waals surface area contributed by atoms with E-state index in [4.69, 9.17) is 9.47 Å². The zero-order valence-electron chi connectivity index (χ0n) is 15.2. The van der Waals surface area contributed by atoms with Crippen molar-refractivity contribution in [1.82, 2.24) is 0 Å². The van der Waals surface area contributed by atoms with Crippen molar-refractivity contribution in [3.05, 3.63) is 68.7 Å². The van der Waals surface area contributed by atoms with E-state index in [2.05, 4.69) is 21.2 Å². The molecule has 7 nitrogen and oxygen atoms in total. The summed E-state index contributed by atoms with van der Waals surface area (Å²) in [6, 6.07) is 13.7. The molecule has 3 aromatic rings. The van der Waals surface area contributed by atoms with Gasteiger partial charge in [0.1, 0.15) is 17.2 Å². The van der Waals surface area contributed by atoms with Crippen molar-refractivity contribution in [3.8, 4) is 11.5 Å². The molecule has 144 valence electrons. The minimum absolute atomic E-state index is 0.00529. The number of nitrogens with one attached hydrogen (secondary N) is 1. The van der Waals surface area contributed by atoms with Crippen molar-refractivity contribution >= 4 is 44.0 Å². The minimum atomic E-state index is -0.561. The Morgan fingerprint density at radius 1 is 1.11 bits per heavy atom. The highest BCUT2D eigenvalue weighted by molar-refractivity contribution is 9.10. The molecule has 8 heteroatoms. The molecule has 0 atom stereocenters. The molecule has 0 spiro atoms. The number of halogens is 1. The summed E-state index contributed by atoms with van der Waals surface area (Å²) >= 11 is 3.44. The standard InChI is InChI=1S/C20H17BrN2O5/c1-27-14-5-7-17(18(10-14)23(25)26)22-20(24)11-16-15-6-4-13(21)9-12(15)3-8-19(16)28-2/h3-10H,11H2,1-2H3,(H,22,24). The van der Waals surface area contributed by atoms with E-state index >= 15 is 0 Å². The monoisotopic (exact) mass is 444 g/mol. The lowest BCUT2D eigenvalue weighted by atomic mass is 10.0. The maximum Gasteiger partial charge on any atom is 0.296 e. The SMILES string of the molecule is COc1ccc(NC(=O)Cc2c(OC)ccc3cc(Br)ccc23)c([N+](=O)[O-])c1. The number of fused-ring (bicyclic) bond motifs is 1. The number of rotatable bonds is 6. The summed E-state index contributed by atoms with van der Waals surface area (Å²) in [5.74, 6) is 0.530. The molecule has 28 heavy (non-hydrogen) atoms. The van der Waals surface area contributed by atoms with Gasteiger partial charge in [-0.2, -0.15) is 0 Å². The van der Waals surface area contributed by atoms with Crippen LogP contribution in [0.2, 0.25) is 0 Å². The summed E-state index contributed by atoms with van der Waals surface area (Å²) in [7, 11) is 2.96. The fraction of sp³-hybridized carbons (Fsp3) is 0.150. The Morgan fingerprint density at radius 2 is 1.89 bits per heavy atom. The number of nitro groups is 1. The summed E-state index contributed by atoms with van der Waals surface area (Å²) in [6.07, 6.45) is 0.00529. The minimum Gasteiger partial charge on any atom is -0.496 e. The van der Waals surface area contributed by atoms with Crippen molar-refractivity contribution in [1.29, 1.82) is 0 Å². The molecule has 0 saturated carbocycles. The van der Waals surface area contributed by atoms with Crippen LogP contribution < -0.4 is 14.8 Å². The number of amides is 1. The first kappa shape index (κ1) is 19.6. The van der Waals surface area contributed by atoms with Crippen LogP contribution in [0.25, 0.3) is 10.8 Å². The van der Waals surface area contributed by atoms with E-state index in [-0.39, 0.29) is 23.7 Å². The number of anilines is 1. The van der Waals surface area contributed by atoms with Crippen LogP contribution in [0.3, 0.4) is 0 Å². The number of hydrogen-bond acceptors (Lipinski definition) is 5. The molecule has 0 fully saturated rings. The van der Waals surface area contributed by atoms with Gasteiger partial charge < -0.3 is 14.8 Å². The molecule has 3 rings (SSSR count). The Morgan fingerprint density at radius 3 is 2.57 bits per heavy atom. The molecule has 0 saturated heterocycles. The van der Waals surface area contributed by atoms with E-state index in [0.717, 1.165) is 15.2 Å². The van der Waals surface area contributed by atoms with Gasteiger partial charge in [0, 0.05) is 10.0 Å². The Balaban J connectivity index is 1.93. The number of hydrogen-bond donors (Lipinski definition) is 1. The molecule has 0 radical (unpaired) electrons. The highest BCUT2D eigenvalue weighted by Crippen LogP contribution is 2.32. The van der Waals surface area contributed by atoms with Crippen LogP contribution in [0, 0.1) is 10.1 Å². The molecule has 0 aliphatic heterocycles. The summed E-state index contributed by atoms with van der Waals surface area (Å²) in [6.45, 7) is 0. The first-order chi connectivity index (χ1) is 13.4. The van der Waals surface area contributed by atoms with E-state index in [9.17, 15) is 14.9 Å². The van der Waals surface area contributed by atoms with Crippen molar-refractivity contribution in [2.45, 2.75) is 6.42 Å². The van der Waals surface area contributed by atoms with Gasteiger partial charge >= 0.3 is 0 Å². The average Bonchev–Trinajstić information content (AvgIpc) is 2.68. The Kier molecular flexibility index (Phi) is 5.79. The normalized spacial score (nSPS) is 10.5. The highest BCUT2D eigenvalue weighted by atomic mass is 79.9. The van der Waals surface area contributed by atoms with E-state index in [1.165, 1.54) is 26.4 Å². The number of carbonyl (C=O) groups excluding carboxylic acids is 1. The summed E-state index contributed by atoms with van der Waals surface area (Å²) in [5, 5.41) is 15.8. The molecule has 1 N–H and O–H groups in total. The molecule has 0 aliphatic carbocycles. The molecule has 1 amide bonds. The fourth-order valence-electron chi connectivity index (χ4n) is 2.97. The highest BCUT2D eigenvalue weighted by Gasteiger charge is 2.19. The van der Waals surface area contributed by atoms with E-state index < -0.39 is 4.92 Å². The molecule has 0 aromatic heterocycles. The Bertz CT molecular complexity index is 1070. The molecular weight excluding hydrogens is 428 g/mol. The van der Waals surface area contributed by atoms with Crippen molar-refractivity contribution < 1.29 is 19.2 Å². The first-order valence-corrected chi connectivity index (χ1v) is 9.09. The van der Waals surface area contributed by atoms with Crippen LogP contribution in [0.4, 0.5) is 11.4 Å². The van der Waals surface area contributed by atoms with E-state index in [0.29, 0.717) is 17.1 Å². The molecule has 0 bridgehead atoms. The van der Waals surface area contributed by atoms with Gasteiger partial charge in [-0.15, -0.1) is 0 Å². The Labute approximate surface area is 169 Å². The third-order valence-corrected chi connectivity index (χ3v) is 4.78. The van der Waals surface area contributed by atoms with Crippen LogP contribution in [0.15, 0.2) is 53.0 Å². The van der Waals surface area contributed by atoms with E-state index in [1.54, 1.807) is 12.1 Å². The fourth-order valence-corrected chi connectivity index (χ4v) is 3.35. The topological polar surface area (TPSA) is 90.7 Å². The third-order valence-electron chi connectivity index (χ3n) is 4.28. The van der Waals surface area contributed by atoms with Crippen LogP contribution in [-0.4, -0.2) is 25.1 Å². The van der Waals surface area contributed by atoms with Gasteiger partial charge in [-0.1, -0.05) is 28.1 Å². The van der Waals surface area contributed by atoms with Gasteiger partial charge in [0.05, 0.1) is 31.6 Å². The van der Waals surface area contributed by atoms with Crippen LogP contribution in [0.5, 0.6) is 11.5 Å². The van der Waals surface area contributed by atoms with Crippen molar-refractivity contribution in [2.75, 3.05) is 19.5 Å². The average molecular weight is 445 g/mol. The Hall–Kier alpha value is -3.13. The lowest BCUT2D eigenvalue weighted by Gasteiger charge is -2.13. The third kappa shape index (κ3) is 4.07. The van der Waals surface area contributed by atoms with Crippen LogP contribution in [0.1, 0.15) is 5.56 Å². The van der Waals surface area contributed by atoms with Crippen LogP contribution in [-0.2, 0) is 11.2 Å². The number of benzene rings is 3. The quantitative estimate of drug-likeness (QED) is 0.439. The van der Waals surface area contributed by atoms with Gasteiger partial charge in [0.25, 0.3) is 5.69 Å². The lowest BCUT2D eigenvalue weighted by Crippen LogP contribution is -2.16. The number of nitrogens with zero attached hydrogens (tertiary/aromatic N) is 1. The summed E-state index contributed by atoms with van der Waals surface area (Å²) < 4.78 is 11.3. The molecular formula is C20H17BrN2O5. The zero-order valence-corrected chi connectivity index (χ0v) is 16.8.